The number of rotatable bonds is 4. The Balaban J connectivity index is 1.47. The predicted octanol–water partition coefficient (Wildman–Crippen LogP) is 1.75. The van der Waals surface area contributed by atoms with Crippen LogP contribution in [0, 0.1) is 5.92 Å². The van der Waals surface area contributed by atoms with E-state index in [1.165, 1.54) is 6.42 Å². The Morgan fingerprint density at radius 3 is 2.55 bits per heavy atom. The number of carbonyl (C=O) groups excluding carboxylic acids is 3. The molecule has 4 fully saturated rings. The van der Waals surface area contributed by atoms with Gasteiger partial charge in [0.25, 0.3) is 5.91 Å². The lowest BCUT2D eigenvalue weighted by Crippen LogP contribution is -2.56. The van der Waals surface area contributed by atoms with E-state index in [4.69, 9.17) is 14.2 Å². The van der Waals surface area contributed by atoms with Gasteiger partial charge in [-0.3, -0.25) is 9.59 Å². The molecule has 0 aromatic carbocycles. The second kappa shape index (κ2) is 9.43. The smallest absolute Gasteiger partial charge is 0.410 e. The minimum atomic E-state index is -0.833. The summed E-state index contributed by atoms with van der Waals surface area (Å²) in [5, 5.41) is 0. The lowest BCUT2D eigenvalue weighted by molar-refractivity contribution is -0.150. The van der Waals surface area contributed by atoms with E-state index in [1.54, 1.807) is 9.80 Å². The molecule has 3 atom stereocenters. The first-order chi connectivity index (χ1) is 14.1. The number of ether oxygens (including phenoxy) is 3. The maximum absolute atomic E-state index is 13.5. The van der Waals surface area contributed by atoms with Crippen LogP contribution in [0.3, 0.4) is 0 Å². The molecule has 3 heterocycles. The second-order valence-corrected chi connectivity index (χ2v) is 8.65. The fourth-order valence-corrected chi connectivity index (χ4v) is 5.09. The van der Waals surface area contributed by atoms with Crippen LogP contribution in [-0.2, 0) is 23.8 Å². The van der Waals surface area contributed by atoms with Crippen molar-refractivity contribution in [2.24, 2.45) is 5.92 Å². The molecule has 2 amide bonds. The van der Waals surface area contributed by atoms with Crippen LogP contribution in [0.1, 0.15) is 51.4 Å². The van der Waals surface area contributed by atoms with Crippen molar-refractivity contribution in [3.63, 3.8) is 0 Å². The molecule has 29 heavy (non-hydrogen) atoms. The van der Waals surface area contributed by atoms with Crippen LogP contribution < -0.4 is 0 Å². The highest BCUT2D eigenvalue weighted by atomic mass is 16.6. The van der Waals surface area contributed by atoms with Gasteiger partial charge < -0.3 is 24.0 Å². The number of Topliss-reactive ketones (excluding diaryl/α,β-unsaturated/α-hetero) is 1. The summed E-state index contributed by atoms with van der Waals surface area (Å²) in [6, 6.07) is -0.521. The van der Waals surface area contributed by atoms with E-state index in [-0.39, 0.29) is 24.4 Å². The summed E-state index contributed by atoms with van der Waals surface area (Å²) in [4.78, 5) is 41.8. The van der Waals surface area contributed by atoms with Gasteiger partial charge in [-0.25, -0.2) is 4.79 Å². The lowest BCUT2D eigenvalue weighted by atomic mass is 9.85. The van der Waals surface area contributed by atoms with Crippen LogP contribution in [0.2, 0.25) is 0 Å². The molecule has 0 radical (unpaired) electrons. The molecule has 0 bridgehead atoms. The summed E-state index contributed by atoms with van der Waals surface area (Å²) in [5.74, 6) is 0.107. The van der Waals surface area contributed by atoms with E-state index in [9.17, 15) is 14.4 Å². The Hall–Kier alpha value is -1.67. The molecule has 1 aliphatic carbocycles. The van der Waals surface area contributed by atoms with E-state index in [0.717, 1.165) is 38.5 Å². The normalized spacial score (nSPS) is 29.4. The molecule has 0 unspecified atom stereocenters. The second-order valence-electron chi connectivity index (χ2n) is 8.65. The van der Waals surface area contributed by atoms with Crippen molar-refractivity contribution in [2.45, 2.75) is 69.6 Å². The van der Waals surface area contributed by atoms with Gasteiger partial charge in [0.2, 0.25) is 0 Å². The fraction of sp³-hybridized carbons (Fsp3) is 0.857. The number of likely N-dealkylation sites (tertiary alicyclic amines) is 1. The van der Waals surface area contributed by atoms with Gasteiger partial charge in [0, 0.05) is 19.6 Å². The number of nitrogens with zero attached hydrogens (tertiary/aromatic N) is 2. The summed E-state index contributed by atoms with van der Waals surface area (Å²) in [5.41, 5.74) is 0. The van der Waals surface area contributed by atoms with Crippen LogP contribution in [-0.4, -0.2) is 85.3 Å². The summed E-state index contributed by atoms with van der Waals surface area (Å²) in [6.45, 7) is 2.51. The van der Waals surface area contributed by atoms with Crippen LogP contribution in [0.25, 0.3) is 0 Å². The van der Waals surface area contributed by atoms with Crippen LogP contribution >= 0.6 is 0 Å². The zero-order valence-corrected chi connectivity index (χ0v) is 17.1. The van der Waals surface area contributed by atoms with Crippen molar-refractivity contribution < 1.29 is 28.6 Å². The Labute approximate surface area is 171 Å². The molecule has 3 saturated heterocycles. The maximum atomic E-state index is 13.5. The number of morpholine rings is 1. The fourth-order valence-electron chi connectivity index (χ4n) is 5.09. The van der Waals surface area contributed by atoms with Gasteiger partial charge in [-0.15, -0.1) is 0 Å². The minimum Gasteiger partial charge on any atom is -0.436 e. The van der Waals surface area contributed by atoms with E-state index in [1.807, 2.05) is 0 Å². The third-order valence-electron chi connectivity index (χ3n) is 6.69. The van der Waals surface area contributed by atoms with Crippen molar-refractivity contribution in [2.75, 3.05) is 39.5 Å². The van der Waals surface area contributed by atoms with Gasteiger partial charge in [-0.2, -0.15) is 0 Å². The average molecular weight is 408 g/mol. The molecule has 4 aliphatic rings. The Bertz CT molecular complexity index is 614. The molecule has 8 nitrogen and oxygen atoms in total. The average Bonchev–Trinajstić information content (AvgIpc) is 3.15. The molecule has 1 saturated carbocycles. The number of hydrogen-bond donors (Lipinski definition) is 0. The molecule has 0 spiro atoms. The minimum absolute atomic E-state index is 0.0426. The van der Waals surface area contributed by atoms with E-state index in [0.29, 0.717) is 45.2 Å². The maximum Gasteiger partial charge on any atom is 0.410 e. The zero-order valence-electron chi connectivity index (χ0n) is 17.1. The first-order valence-corrected chi connectivity index (χ1v) is 11.1. The monoisotopic (exact) mass is 408 g/mol. The number of amides is 2. The van der Waals surface area contributed by atoms with Crippen LogP contribution in [0.4, 0.5) is 4.79 Å². The quantitative estimate of drug-likeness (QED) is 0.705. The predicted molar refractivity (Wildman–Crippen MR) is 103 cm³/mol. The van der Waals surface area contributed by atoms with Crippen LogP contribution in [0.15, 0.2) is 0 Å². The molecular formula is C21H32N2O6. The highest BCUT2D eigenvalue weighted by molar-refractivity contribution is 5.93. The molecule has 3 aliphatic heterocycles. The first kappa shape index (κ1) is 20.6. The highest BCUT2D eigenvalue weighted by Gasteiger charge is 2.46. The largest absolute Gasteiger partial charge is 0.436 e. The topological polar surface area (TPSA) is 85.4 Å². The van der Waals surface area contributed by atoms with Gasteiger partial charge >= 0.3 is 6.09 Å². The van der Waals surface area contributed by atoms with Crippen molar-refractivity contribution in [3.05, 3.63) is 0 Å². The highest BCUT2D eigenvalue weighted by Crippen LogP contribution is 2.31. The van der Waals surface area contributed by atoms with E-state index in [2.05, 4.69) is 0 Å². The van der Waals surface area contributed by atoms with Crippen LogP contribution in [0.5, 0.6) is 0 Å². The molecular weight excluding hydrogens is 376 g/mol. The molecule has 0 N–H and O–H groups in total. The summed E-state index contributed by atoms with van der Waals surface area (Å²) >= 11 is 0. The number of fused-ring (bicyclic) bond motifs is 1. The summed E-state index contributed by atoms with van der Waals surface area (Å²) in [7, 11) is 0. The lowest BCUT2D eigenvalue weighted by Gasteiger charge is -2.38. The molecule has 162 valence electrons. The van der Waals surface area contributed by atoms with E-state index >= 15 is 0 Å². The summed E-state index contributed by atoms with van der Waals surface area (Å²) in [6.07, 6.45) is 6.29. The molecule has 8 heteroatoms. The standard InChI is InChI=1S/C21H32N2O6/c24-16-14-28-17-7-4-8-23(19(16)17)20(25)18(13-15-5-2-1-3-6-15)29-21(26)22-9-11-27-12-10-22/h15,17-19H,1-14H2/t17-,18+,19-/m1/s1. The van der Waals surface area contributed by atoms with E-state index < -0.39 is 18.2 Å². The number of hydrogen-bond acceptors (Lipinski definition) is 6. The summed E-state index contributed by atoms with van der Waals surface area (Å²) < 4.78 is 16.7. The molecule has 4 rings (SSSR count). The Morgan fingerprint density at radius 2 is 1.79 bits per heavy atom. The van der Waals surface area contributed by atoms with Crippen molar-refractivity contribution >= 4 is 17.8 Å². The van der Waals surface area contributed by atoms with Gasteiger partial charge in [0.15, 0.2) is 11.9 Å². The van der Waals surface area contributed by atoms with Crippen molar-refractivity contribution in [3.8, 4) is 0 Å². The van der Waals surface area contributed by atoms with Gasteiger partial charge in [-0.1, -0.05) is 32.1 Å². The van der Waals surface area contributed by atoms with Crippen molar-refractivity contribution in [1.29, 1.82) is 0 Å². The Morgan fingerprint density at radius 1 is 1.03 bits per heavy atom. The number of carbonyl (C=O) groups is 3. The van der Waals surface area contributed by atoms with Gasteiger partial charge in [0.05, 0.1) is 19.3 Å². The van der Waals surface area contributed by atoms with Gasteiger partial charge in [0.1, 0.15) is 12.6 Å². The molecule has 0 aromatic rings. The first-order valence-electron chi connectivity index (χ1n) is 11.1. The van der Waals surface area contributed by atoms with Crippen molar-refractivity contribution in [1.82, 2.24) is 9.80 Å². The SMILES string of the molecule is O=C1CO[C@@H]2CCCN(C(=O)[C@H](CC3CCCCC3)OC(=O)N3CCOCC3)[C@H]12. The van der Waals surface area contributed by atoms with Gasteiger partial charge in [-0.05, 0) is 25.2 Å². The zero-order chi connectivity index (χ0) is 20.2. The Kier molecular flexibility index (Phi) is 6.70. The third-order valence-corrected chi connectivity index (χ3v) is 6.69. The molecule has 0 aromatic heterocycles. The third kappa shape index (κ3) is 4.74. The number of ketones is 1. The number of piperidine rings is 1.